The number of methoxy groups -OCH3 is 2. The molecular formula is C18H21Cl2NO4S. The van der Waals surface area contributed by atoms with Crippen LogP contribution in [0.3, 0.4) is 0 Å². The van der Waals surface area contributed by atoms with Crippen molar-refractivity contribution >= 4 is 33.2 Å². The lowest BCUT2D eigenvalue weighted by Crippen LogP contribution is -2.28. The van der Waals surface area contributed by atoms with Crippen molar-refractivity contribution in [3.63, 3.8) is 0 Å². The van der Waals surface area contributed by atoms with Crippen molar-refractivity contribution in [3.8, 4) is 11.5 Å². The second kappa shape index (κ2) is 8.48. The molecule has 142 valence electrons. The van der Waals surface area contributed by atoms with E-state index in [4.69, 9.17) is 32.7 Å². The summed E-state index contributed by atoms with van der Waals surface area (Å²) in [5, 5.41) is -0.00957. The van der Waals surface area contributed by atoms with Crippen LogP contribution in [0.5, 0.6) is 11.5 Å². The SMILES string of the molecule is CC[C@@H](NS(=O)(=O)c1ccc(OC)c(Cl)c1Cl)c1ccc(OC)c(C)c1. The minimum atomic E-state index is -3.88. The Balaban J connectivity index is 2.38. The lowest BCUT2D eigenvalue weighted by Gasteiger charge is -2.20. The molecule has 1 atom stereocenters. The van der Waals surface area contributed by atoms with Gasteiger partial charge in [0.15, 0.2) is 0 Å². The molecule has 0 fully saturated rings. The topological polar surface area (TPSA) is 64.6 Å². The zero-order chi connectivity index (χ0) is 19.5. The summed E-state index contributed by atoms with van der Waals surface area (Å²) < 4.78 is 38.7. The first kappa shape index (κ1) is 20.8. The Kier molecular flexibility index (Phi) is 6.80. The summed E-state index contributed by atoms with van der Waals surface area (Å²) in [4.78, 5) is -0.0892. The van der Waals surface area contributed by atoms with E-state index < -0.39 is 16.1 Å². The van der Waals surface area contributed by atoms with E-state index in [-0.39, 0.29) is 14.9 Å². The molecule has 1 N–H and O–H groups in total. The third kappa shape index (κ3) is 4.26. The fourth-order valence-electron chi connectivity index (χ4n) is 2.64. The van der Waals surface area contributed by atoms with Crippen LogP contribution in [-0.2, 0) is 10.0 Å². The van der Waals surface area contributed by atoms with E-state index in [0.29, 0.717) is 12.2 Å². The van der Waals surface area contributed by atoms with Crippen LogP contribution in [0, 0.1) is 6.92 Å². The quantitative estimate of drug-likeness (QED) is 0.705. The number of hydrogen-bond acceptors (Lipinski definition) is 4. The van der Waals surface area contributed by atoms with E-state index in [1.165, 1.54) is 19.2 Å². The molecular weight excluding hydrogens is 397 g/mol. The molecule has 8 heteroatoms. The molecule has 26 heavy (non-hydrogen) atoms. The Morgan fingerprint density at radius 2 is 1.65 bits per heavy atom. The first-order chi connectivity index (χ1) is 12.2. The van der Waals surface area contributed by atoms with Gasteiger partial charge in [-0.25, -0.2) is 13.1 Å². The molecule has 2 aromatic rings. The lowest BCUT2D eigenvalue weighted by atomic mass is 10.0. The number of hydrogen-bond donors (Lipinski definition) is 1. The lowest BCUT2D eigenvalue weighted by molar-refractivity contribution is 0.411. The number of benzene rings is 2. The van der Waals surface area contributed by atoms with Gasteiger partial charge in [-0.05, 0) is 42.7 Å². The fourth-order valence-corrected chi connectivity index (χ4v) is 4.78. The van der Waals surface area contributed by atoms with Gasteiger partial charge in [-0.2, -0.15) is 0 Å². The van der Waals surface area contributed by atoms with Crippen molar-refractivity contribution in [3.05, 3.63) is 51.5 Å². The molecule has 2 aromatic carbocycles. The number of rotatable bonds is 7. The highest BCUT2D eigenvalue weighted by molar-refractivity contribution is 7.89. The van der Waals surface area contributed by atoms with Gasteiger partial charge in [0.05, 0.1) is 19.2 Å². The minimum Gasteiger partial charge on any atom is -0.496 e. The van der Waals surface area contributed by atoms with Crippen LogP contribution in [-0.4, -0.2) is 22.6 Å². The molecule has 0 bridgehead atoms. The van der Waals surface area contributed by atoms with Crippen molar-refractivity contribution in [2.75, 3.05) is 14.2 Å². The van der Waals surface area contributed by atoms with Crippen molar-refractivity contribution < 1.29 is 17.9 Å². The minimum absolute atomic E-state index is 0.0605. The van der Waals surface area contributed by atoms with E-state index in [1.54, 1.807) is 7.11 Å². The van der Waals surface area contributed by atoms with Gasteiger partial charge < -0.3 is 9.47 Å². The van der Waals surface area contributed by atoms with E-state index in [2.05, 4.69) is 4.72 Å². The van der Waals surface area contributed by atoms with Gasteiger partial charge in [0.1, 0.15) is 21.4 Å². The molecule has 0 aliphatic rings. The summed E-state index contributed by atoms with van der Waals surface area (Å²) in [6, 6.07) is 7.99. The maximum absolute atomic E-state index is 12.8. The van der Waals surface area contributed by atoms with Crippen molar-refractivity contribution in [1.82, 2.24) is 4.72 Å². The van der Waals surface area contributed by atoms with Gasteiger partial charge >= 0.3 is 0 Å². The van der Waals surface area contributed by atoms with Gasteiger partial charge in [0.25, 0.3) is 0 Å². The highest BCUT2D eigenvalue weighted by atomic mass is 35.5. The molecule has 5 nitrogen and oxygen atoms in total. The van der Waals surface area contributed by atoms with Crippen LogP contribution in [0.1, 0.15) is 30.5 Å². The van der Waals surface area contributed by atoms with Crippen LogP contribution in [0.15, 0.2) is 35.2 Å². The van der Waals surface area contributed by atoms with Gasteiger partial charge in [-0.3, -0.25) is 0 Å². The first-order valence-electron chi connectivity index (χ1n) is 7.94. The standard InChI is InChI=1S/C18H21Cl2NO4S/c1-5-13(12-6-7-14(24-3)11(2)10-12)21-26(22,23)16-9-8-15(25-4)17(19)18(16)20/h6-10,13,21H,5H2,1-4H3/t13-/m1/s1. The predicted octanol–water partition coefficient (Wildman–Crippen LogP) is 4.75. The Hall–Kier alpha value is -1.47. The average Bonchev–Trinajstić information content (AvgIpc) is 2.61. The summed E-state index contributed by atoms with van der Waals surface area (Å²) in [6.45, 7) is 3.80. The number of ether oxygens (including phenoxy) is 2. The maximum Gasteiger partial charge on any atom is 0.242 e. The number of halogens is 2. The predicted molar refractivity (Wildman–Crippen MR) is 104 cm³/mol. The van der Waals surface area contributed by atoms with Crippen LogP contribution in [0.2, 0.25) is 10.0 Å². The summed E-state index contributed by atoms with van der Waals surface area (Å²) in [6.07, 6.45) is 0.562. The van der Waals surface area contributed by atoms with E-state index in [0.717, 1.165) is 16.9 Å². The van der Waals surface area contributed by atoms with Crippen LogP contribution in [0.4, 0.5) is 0 Å². The second-order valence-corrected chi connectivity index (χ2v) is 8.14. The highest BCUT2D eigenvalue weighted by Gasteiger charge is 2.25. The fraction of sp³-hybridized carbons (Fsp3) is 0.333. The summed E-state index contributed by atoms with van der Waals surface area (Å²) in [5.41, 5.74) is 1.76. The molecule has 0 aliphatic carbocycles. The van der Waals surface area contributed by atoms with Gasteiger partial charge in [0.2, 0.25) is 10.0 Å². The van der Waals surface area contributed by atoms with Crippen LogP contribution < -0.4 is 14.2 Å². The second-order valence-electron chi connectivity index (χ2n) is 5.71. The Morgan fingerprint density at radius 1 is 1.04 bits per heavy atom. The van der Waals surface area contributed by atoms with Crippen molar-refractivity contribution in [1.29, 1.82) is 0 Å². The molecule has 0 spiro atoms. The average molecular weight is 418 g/mol. The molecule has 0 saturated heterocycles. The van der Waals surface area contributed by atoms with Crippen molar-refractivity contribution in [2.24, 2.45) is 0 Å². The Morgan fingerprint density at radius 3 is 2.19 bits per heavy atom. The molecule has 0 radical (unpaired) electrons. The molecule has 0 aromatic heterocycles. The normalized spacial score (nSPS) is 12.7. The van der Waals surface area contributed by atoms with Gasteiger partial charge in [-0.15, -0.1) is 0 Å². The Labute approximate surface area is 164 Å². The molecule has 0 saturated carbocycles. The summed E-state index contributed by atoms with van der Waals surface area (Å²) in [7, 11) is -0.851. The number of aryl methyl sites for hydroxylation is 1. The number of sulfonamides is 1. The summed E-state index contributed by atoms with van der Waals surface area (Å²) >= 11 is 12.2. The monoisotopic (exact) mass is 417 g/mol. The van der Waals surface area contributed by atoms with Gasteiger partial charge in [0, 0.05) is 6.04 Å². The summed E-state index contributed by atoms with van der Waals surface area (Å²) in [5.74, 6) is 1.06. The molecule has 2 rings (SSSR count). The largest absolute Gasteiger partial charge is 0.496 e. The number of nitrogens with one attached hydrogen (secondary N) is 1. The smallest absolute Gasteiger partial charge is 0.242 e. The molecule has 0 unspecified atom stereocenters. The molecule has 0 aliphatic heterocycles. The van der Waals surface area contributed by atoms with E-state index >= 15 is 0 Å². The zero-order valence-electron chi connectivity index (χ0n) is 15.0. The van der Waals surface area contributed by atoms with E-state index in [1.807, 2.05) is 32.0 Å². The van der Waals surface area contributed by atoms with Crippen molar-refractivity contribution in [2.45, 2.75) is 31.2 Å². The first-order valence-corrected chi connectivity index (χ1v) is 10.2. The zero-order valence-corrected chi connectivity index (χ0v) is 17.3. The maximum atomic E-state index is 12.8. The van der Waals surface area contributed by atoms with E-state index in [9.17, 15) is 8.42 Å². The molecule has 0 amide bonds. The van der Waals surface area contributed by atoms with Gasteiger partial charge in [-0.1, -0.05) is 42.3 Å². The van der Waals surface area contributed by atoms with Crippen LogP contribution >= 0.6 is 23.2 Å². The third-order valence-electron chi connectivity index (χ3n) is 4.05. The third-order valence-corrected chi connectivity index (χ3v) is 6.54. The highest BCUT2D eigenvalue weighted by Crippen LogP contribution is 2.37. The van der Waals surface area contributed by atoms with Crippen LogP contribution in [0.25, 0.3) is 0 Å². The molecule has 0 heterocycles. The Bertz CT molecular complexity index is 900.